The molecule has 1 amide bonds. The highest BCUT2D eigenvalue weighted by atomic mass is 16.4. The van der Waals surface area contributed by atoms with E-state index in [-0.39, 0.29) is 5.91 Å². The van der Waals surface area contributed by atoms with Crippen LogP contribution in [0, 0.1) is 5.41 Å². The topological polar surface area (TPSA) is 83.6 Å². The van der Waals surface area contributed by atoms with Crippen molar-refractivity contribution in [2.75, 3.05) is 13.1 Å². The van der Waals surface area contributed by atoms with Gasteiger partial charge in [-0.2, -0.15) is 0 Å². The molecule has 5 nitrogen and oxygen atoms in total. The summed E-state index contributed by atoms with van der Waals surface area (Å²) in [5.41, 5.74) is 5.01. The quantitative estimate of drug-likeness (QED) is 0.748. The third-order valence-electron chi connectivity index (χ3n) is 3.71. The van der Waals surface area contributed by atoms with Crippen LogP contribution in [0.15, 0.2) is 0 Å². The van der Waals surface area contributed by atoms with Crippen LogP contribution in [-0.4, -0.2) is 41.0 Å². The minimum absolute atomic E-state index is 0.108. The first-order valence-electron chi connectivity index (χ1n) is 6.24. The molecule has 0 aromatic rings. The molecule has 0 aromatic heterocycles. The first-order valence-corrected chi connectivity index (χ1v) is 6.24. The van der Waals surface area contributed by atoms with Gasteiger partial charge >= 0.3 is 5.97 Å². The highest BCUT2D eigenvalue weighted by molar-refractivity contribution is 5.84. The first kappa shape index (κ1) is 14.0. The van der Waals surface area contributed by atoms with Gasteiger partial charge in [-0.3, -0.25) is 9.59 Å². The fourth-order valence-corrected chi connectivity index (χ4v) is 2.34. The van der Waals surface area contributed by atoms with Gasteiger partial charge in [0, 0.05) is 13.1 Å². The normalized spacial score (nSPS) is 25.9. The molecule has 1 rings (SSSR count). The minimum atomic E-state index is -0.806. The van der Waals surface area contributed by atoms with E-state index in [1.54, 1.807) is 4.90 Å². The van der Waals surface area contributed by atoms with E-state index in [0.717, 1.165) is 6.42 Å². The largest absolute Gasteiger partial charge is 0.481 e. The van der Waals surface area contributed by atoms with Crippen LogP contribution in [0.2, 0.25) is 0 Å². The average Bonchev–Trinajstić information content (AvgIpc) is 2.74. The van der Waals surface area contributed by atoms with Gasteiger partial charge in [-0.15, -0.1) is 0 Å². The summed E-state index contributed by atoms with van der Waals surface area (Å²) in [4.78, 5) is 24.8. The van der Waals surface area contributed by atoms with E-state index in [1.807, 2.05) is 13.8 Å². The Morgan fingerprint density at radius 2 is 2.12 bits per heavy atom. The molecule has 1 unspecified atom stereocenters. The summed E-state index contributed by atoms with van der Waals surface area (Å²) in [6.07, 6.45) is 2.60. The van der Waals surface area contributed by atoms with Gasteiger partial charge in [0.05, 0.1) is 11.5 Å². The zero-order valence-corrected chi connectivity index (χ0v) is 10.6. The molecule has 1 saturated heterocycles. The molecule has 0 aliphatic carbocycles. The number of nitrogens with zero attached hydrogens (tertiary/aromatic N) is 1. The number of carbonyl (C=O) groups excluding carboxylic acids is 1. The molecule has 0 bridgehead atoms. The predicted molar refractivity (Wildman–Crippen MR) is 64.4 cm³/mol. The lowest BCUT2D eigenvalue weighted by atomic mass is 9.84. The number of carboxylic acid groups (broad SMARTS) is 1. The van der Waals surface area contributed by atoms with Crippen molar-refractivity contribution in [1.82, 2.24) is 4.90 Å². The van der Waals surface area contributed by atoms with Crippen LogP contribution in [0.25, 0.3) is 0 Å². The molecule has 1 fully saturated rings. The lowest BCUT2D eigenvalue weighted by Gasteiger charge is -2.24. The Bertz CT molecular complexity index is 306. The number of carbonyl (C=O) groups is 2. The number of likely N-dealkylation sites (tertiary alicyclic amines) is 1. The molecular weight excluding hydrogens is 220 g/mol. The maximum atomic E-state index is 12.0. The molecule has 3 N–H and O–H groups in total. The van der Waals surface area contributed by atoms with Crippen molar-refractivity contribution in [3.8, 4) is 0 Å². The Morgan fingerprint density at radius 1 is 1.47 bits per heavy atom. The zero-order chi connectivity index (χ0) is 13.1. The van der Waals surface area contributed by atoms with Gasteiger partial charge in [0.25, 0.3) is 0 Å². The monoisotopic (exact) mass is 242 g/mol. The van der Waals surface area contributed by atoms with Gasteiger partial charge in [-0.25, -0.2) is 0 Å². The third kappa shape index (κ3) is 2.77. The van der Waals surface area contributed by atoms with Crippen molar-refractivity contribution in [2.24, 2.45) is 11.1 Å². The van der Waals surface area contributed by atoms with Crippen LogP contribution in [-0.2, 0) is 9.59 Å². The number of aliphatic carboxylic acids is 1. The van der Waals surface area contributed by atoms with Crippen molar-refractivity contribution >= 4 is 11.9 Å². The molecule has 0 radical (unpaired) electrons. The molecule has 0 saturated carbocycles. The maximum absolute atomic E-state index is 12.0. The van der Waals surface area contributed by atoms with Gasteiger partial charge in [0.2, 0.25) is 5.91 Å². The Labute approximate surface area is 102 Å². The lowest BCUT2D eigenvalue weighted by molar-refractivity contribution is -0.148. The van der Waals surface area contributed by atoms with E-state index < -0.39 is 17.4 Å². The van der Waals surface area contributed by atoms with Crippen molar-refractivity contribution < 1.29 is 14.7 Å². The number of hydrogen-bond acceptors (Lipinski definition) is 3. The average molecular weight is 242 g/mol. The van der Waals surface area contributed by atoms with Crippen LogP contribution in [0.3, 0.4) is 0 Å². The molecule has 1 aliphatic heterocycles. The predicted octanol–water partition coefficient (Wildman–Crippen LogP) is 0.827. The molecule has 1 heterocycles. The van der Waals surface area contributed by atoms with Gasteiger partial charge in [-0.1, -0.05) is 20.3 Å². The molecule has 1 aliphatic rings. The smallest absolute Gasteiger partial charge is 0.311 e. The van der Waals surface area contributed by atoms with E-state index in [9.17, 15) is 14.7 Å². The Balaban J connectivity index is 2.66. The minimum Gasteiger partial charge on any atom is -0.481 e. The summed E-state index contributed by atoms with van der Waals surface area (Å²) in [6.45, 7) is 4.64. The zero-order valence-electron chi connectivity index (χ0n) is 10.6. The summed E-state index contributed by atoms with van der Waals surface area (Å²) in [7, 11) is 0. The van der Waals surface area contributed by atoms with Crippen LogP contribution in [0.4, 0.5) is 0 Å². The van der Waals surface area contributed by atoms with E-state index in [2.05, 4.69) is 0 Å². The molecule has 0 spiro atoms. The van der Waals surface area contributed by atoms with Crippen LogP contribution in [0.1, 0.15) is 39.5 Å². The van der Waals surface area contributed by atoms with E-state index in [1.165, 1.54) is 0 Å². The number of rotatable bonds is 5. The number of amides is 1. The Kier molecular flexibility index (Phi) is 4.51. The van der Waals surface area contributed by atoms with Crippen molar-refractivity contribution in [1.29, 1.82) is 0 Å². The fourth-order valence-electron chi connectivity index (χ4n) is 2.34. The standard InChI is InChI=1S/C12H22N2O3/c1-3-5-9(13)10(15)14-7-6-12(4-2,8-14)11(16)17/h9H,3-8,13H2,1-2H3,(H,16,17)/t9-,12?/m1/s1. The summed E-state index contributed by atoms with van der Waals surface area (Å²) in [5.74, 6) is -0.914. The van der Waals surface area contributed by atoms with E-state index in [0.29, 0.717) is 32.4 Å². The second kappa shape index (κ2) is 5.49. The molecule has 98 valence electrons. The fraction of sp³-hybridized carbons (Fsp3) is 0.833. The lowest BCUT2D eigenvalue weighted by Crippen LogP contribution is -2.44. The van der Waals surface area contributed by atoms with E-state index in [4.69, 9.17) is 5.73 Å². The van der Waals surface area contributed by atoms with Gasteiger partial charge < -0.3 is 15.7 Å². The van der Waals surface area contributed by atoms with Crippen LogP contribution < -0.4 is 5.73 Å². The molecule has 2 atom stereocenters. The summed E-state index contributed by atoms with van der Waals surface area (Å²) in [6, 6.07) is -0.485. The molecule has 0 aromatic carbocycles. The number of hydrogen-bond donors (Lipinski definition) is 2. The van der Waals surface area contributed by atoms with Crippen molar-refractivity contribution in [2.45, 2.75) is 45.6 Å². The SMILES string of the molecule is CCC[C@@H](N)C(=O)N1CCC(CC)(C(=O)O)C1. The van der Waals surface area contributed by atoms with Gasteiger partial charge in [0.15, 0.2) is 0 Å². The second-order valence-electron chi connectivity index (χ2n) is 4.84. The molecule has 5 heteroatoms. The van der Waals surface area contributed by atoms with Gasteiger partial charge in [-0.05, 0) is 19.3 Å². The van der Waals surface area contributed by atoms with Crippen LogP contribution >= 0.6 is 0 Å². The summed E-state index contributed by atoms with van der Waals surface area (Å²) < 4.78 is 0. The highest BCUT2D eigenvalue weighted by Gasteiger charge is 2.45. The number of carboxylic acids is 1. The Hall–Kier alpha value is -1.10. The van der Waals surface area contributed by atoms with Gasteiger partial charge in [0.1, 0.15) is 0 Å². The van der Waals surface area contributed by atoms with E-state index >= 15 is 0 Å². The highest BCUT2D eigenvalue weighted by Crippen LogP contribution is 2.34. The summed E-state index contributed by atoms with van der Waals surface area (Å²) in [5, 5.41) is 9.24. The Morgan fingerprint density at radius 3 is 2.53 bits per heavy atom. The number of nitrogens with two attached hydrogens (primary N) is 1. The third-order valence-corrected chi connectivity index (χ3v) is 3.71. The molecule has 17 heavy (non-hydrogen) atoms. The maximum Gasteiger partial charge on any atom is 0.311 e. The van der Waals surface area contributed by atoms with Crippen LogP contribution in [0.5, 0.6) is 0 Å². The summed E-state index contributed by atoms with van der Waals surface area (Å²) >= 11 is 0. The van der Waals surface area contributed by atoms with Crippen molar-refractivity contribution in [3.63, 3.8) is 0 Å². The first-order chi connectivity index (χ1) is 7.96. The molecular formula is C12H22N2O3. The second-order valence-corrected chi connectivity index (χ2v) is 4.84. The van der Waals surface area contributed by atoms with Crippen molar-refractivity contribution in [3.05, 3.63) is 0 Å².